The van der Waals surface area contributed by atoms with Gasteiger partial charge in [-0.2, -0.15) is 0 Å². The van der Waals surface area contributed by atoms with Gasteiger partial charge in [-0.1, -0.05) is 127 Å². The fourth-order valence-electron chi connectivity index (χ4n) is 3.37. The molecule has 0 aromatic heterocycles. The minimum absolute atomic E-state index is 0.0109. The van der Waals surface area contributed by atoms with Crippen LogP contribution in [-0.4, -0.2) is 0 Å². The van der Waals surface area contributed by atoms with Gasteiger partial charge in [-0.15, -0.1) is 0 Å². The third kappa shape index (κ3) is 5.49. The summed E-state index contributed by atoms with van der Waals surface area (Å²) in [6.45, 7) is 0. The fourth-order valence-corrected chi connectivity index (χ4v) is 3.37. The van der Waals surface area contributed by atoms with Crippen LogP contribution in [-0.2, 0) is 5.11 Å². The zero-order valence-electron chi connectivity index (χ0n) is 17.2. The molecule has 4 aromatic carbocycles. The Hall–Kier alpha value is -4.10. The molecule has 0 aliphatic heterocycles. The molecule has 0 fully saturated rings. The summed E-state index contributed by atoms with van der Waals surface area (Å²) in [7, 11) is 0. The van der Waals surface area contributed by atoms with Gasteiger partial charge >= 0.3 is 0 Å². The Morgan fingerprint density at radius 1 is 0.387 bits per heavy atom. The van der Waals surface area contributed by atoms with Crippen LogP contribution in [0.25, 0.3) is 36.5 Å². The third-order valence-corrected chi connectivity index (χ3v) is 5.02. The highest BCUT2D eigenvalue weighted by Crippen LogP contribution is 2.30. The van der Waals surface area contributed by atoms with Gasteiger partial charge in [-0.3, -0.25) is 5.11 Å². The predicted octanol–water partition coefficient (Wildman–Crippen LogP) is 8.34. The highest BCUT2D eigenvalue weighted by molar-refractivity contribution is 5.87. The summed E-state index contributed by atoms with van der Waals surface area (Å²) in [5, 5.41) is 12.8. The van der Waals surface area contributed by atoms with Crippen LogP contribution in [0.15, 0.2) is 103 Å². The minimum atomic E-state index is 0.0109. The lowest BCUT2D eigenvalue weighted by molar-refractivity contribution is 0.354. The second-order valence-corrected chi connectivity index (χ2v) is 7.21. The van der Waals surface area contributed by atoms with E-state index in [1.165, 1.54) is 0 Å². The number of rotatable bonds is 6. The SMILES string of the molecule is [O]c1ccc(C=Cc2ccccc2)c(C=Cc2ccccc2)c1C=Cc1ccccc1. The van der Waals surface area contributed by atoms with Crippen molar-refractivity contribution in [3.8, 4) is 5.75 Å². The molecule has 0 bridgehead atoms. The zero-order chi connectivity index (χ0) is 21.3. The lowest BCUT2D eigenvalue weighted by Crippen LogP contribution is -1.88. The van der Waals surface area contributed by atoms with Crippen LogP contribution in [0.5, 0.6) is 5.75 Å². The molecule has 1 radical (unpaired) electrons. The lowest BCUT2D eigenvalue weighted by atomic mass is 9.96. The van der Waals surface area contributed by atoms with Crippen molar-refractivity contribution in [2.45, 2.75) is 0 Å². The largest absolute Gasteiger partial charge is 0.289 e. The molecule has 31 heavy (non-hydrogen) atoms. The molecule has 149 valence electrons. The van der Waals surface area contributed by atoms with Gasteiger partial charge in [0.2, 0.25) is 0 Å². The molecular weight excluding hydrogens is 376 g/mol. The van der Waals surface area contributed by atoms with Gasteiger partial charge < -0.3 is 0 Å². The second-order valence-electron chi connectivity index (χ2n) is 7.21. The maximum absolute atomic E-state index is 12.8. The van der Waals surface area contributed by atoms with Crippen molar-refractivity contribution in [2.75, 3.05) is 0 Å². The third-order valence-electron chi connectivity index (χ3n) is 5.02. The van der Waals surface area contributed by atoms with Crippen LogP contribution in [0.3, 0.4) is 0 Å². The van der Waals surface area contributed by atoms with Crippen molar-refractivity contribution < 1.29 is 5.11 Å². The van der Waals surface area contributed by atoms with Gasteiger partial charge in [-0.25, -0.2) is 0 Å². The normalized spacial score (nSPS) is 11.6. The summed E-state index contributed by atoms with van der Waals surface area (Å²) in [6, 6.07) is 33.9. The monoisotopic (exact) mass is 399 g/mol. The molecule has 4 aromatic rings. The molecular formula is C30H23O. The van der Waals surface area contributed by atoms with Crippen molar-refractivity contribution in [2.24, 2.45) is 0 Å². The van der Waals surface area contributed by atoms with E-state index in [0.717, 1.165) is 27.8 Å². The minimum Gasteiger partial charge on any atom is -0.289 e. The Balaban J connectivity index is 1.77. The van der Waals surface area contributed by atoms with Crippen LogP contribution in [0.4, 0.5) is 0 Å². The molecule has 0 saturated heterocycles. The predicted molar refractivity (Wildman–Crippen MR) is 133 cm³/mol. The number of hydrogen-bond acceptors (Lipinski definition) is 0. The van der Waals surface area contributed by atoms with Gasteiger partial charge in [0.1, 0.15) is 0 Å². The van der Waals surface area contributed by atoms with Crippen LogP contribution in [0.1, 0.15) is 33.4 Å². The second kappa shape index (κ2) is 10.1. The Bertz CT molecular complexity index is 1200. The summed E-state index contributed by atoms with van der Waals surface area (Å²) in [6.07, 6.45) is 12.1. The molecule has 1 nitrogen and oxygen atoms in total. The summed E-state index contributed by atoms with van der Waals surface area (Å²) in [5.74, 6) is 0.0109. The lowest BCUT2D eigenvalue weighted by Gasteiger charge is -2.08. The molecule has 0 aliphatic rings. The Morgan fingerprint density at radius 3 is 1.29 bits per heavy atom. The van der Waals surface area contributed by atoms with Crippen molar-refractivity contribution in [3.63, 3.8) is 0 Å². The number of benzene rings is 4. The molecule has 0 amide bonds. The first-order valence-electron chi connectivity index (χ1n) is 10.3. The van der Waals surface area contributed by atoms with E-state index >= 15 is 0 Å². The van der Waals surface area contributed by atoms with Crippen LogP contribution >= 0.6 is 0 Å². The Kier molecular flexibility index (Phi) is 6.57. The maximum Gasteiger partial charge on any atom is 0.186 e. The van der Waals surface area contributed by atoms with Gasteiger partial charge in [0.15, 0.2) is 5.75 Å². The van der Waals surface area contributed by atoms with Gasteiger partial charge in [0.25, 0.3) is 0 Å². The van der Waals surface area contributed by atoms with Crippen LogP contribution in [0.2, 0.25) is 0 Å². The van der Waals surface area contributed by atoms with Gasteiger partial charge in [-0.05, 0) is 40.0 Å². The van der Waals surface area contributed by atoms with E-state index in [1.807, 2.05) is 91.0 Å². The van der Waals surface area contributed by atoms with Gasteiger partial charge in [0.05, 0.1) is 0 Å². The zero-order valence-corrected chi connectivity index (χ0v) is 17.2. The molecule has 1 heteroatoms. The standard InChI is InChI=1S/C30H23O/c31-30-23-20-27(19-16-24-10-4-1-5-11-24)28(21-17-25-12-6-2-7-13-25)29(30)22-18-26-14-8-3-9-15-26/h1-23H. The first-order valence-corrected chi connectivity index (χ1v) is 10.3. The summed E-state index contributed by atoms with van der Waals surface area (Å²) in [5.41, 5.74) is 5.87. The first kappa shape index (κ1) is 20.2. The van der Waals surface area contributed by atoms with Crippen molar-refractivity contribution >= 4 is 36.5 Å². The van der Waals surface area contributed by atoms with Crippen molar-refractivity contribution in [1.29, 1.82) is 0 Å². The quantitative estimate of drug-likeness (QED) is 0.290. The molecule has 0 aliphatic carbocycles. The molecule has 0 atom stereocenters. The average Bonchev–Trinajstić information content (AvgIpc) is 2.83. The molecule has 0 N–H and O–H groups in total. The van der Waals surface area contributed by atoms with E-state index in [2.05, 4.69) is 42.5 Å². The first-order chi connectivity index (χ1) is 15.3. The van der Waals surface area contributed by atoms with Crippen molar-refractivity contribution in [1.82, 2.24) is 0 Å². The Labute approximate surface area is 184 Å². The van der Waals surface area contributed by atoms with Crippen molar-refractivity contribution in [3.05, 3.63) is 137 Å². The van der Waals surface area contributed by atoms with E-state index in [-0.39, 0.29) is 5.75 Å². The van der Waals surface area contributed by atoms with Crippen LogP contribution in [0, 0.1) is 0 Å². The fraction of sp³-hybridized carbons (Fsp3) is 0. The van der Waals surface area contributed by atoms with E-state index in [0.29, 0.717) is 5.56 Å². The van der Waals surface area contributed by atoms with E-state index in [1.54, 1.807) is 6.07 Å². The molecule has 0 spiro atoms. The van der Waals surface area contributed by atoms with Gasteiger partial charge in [0, 0.05) is 5.56 Å². The molecule has 0 unspecified atom stereocenters. The summed E-state index contributed by atoms with van der Waals surface area (Å²) >= 11 is 0. The van der Waals surface area contributed by atoms with Crippen LogP contribution < -0.4 is 0 Å². The van der Waals surface area contributed by atoms with E-state index in [9.17, 15) is 5.11 Å². The number of hydrogen-bond donors (Lipinski definition) is 0. The summed E-state index contributed by atoms with van der Waals surface area (Å²) < 4.78 is 0. The maximum atomic E-state index is 12.8. The summed E-state index contributed by atoms with van der Waals surface area (Å²) in [4.78, 5) is 0. The van der Waals surface area contributed by atoms with E-state index < -0.39 is 0 Å². The highest BCUT2D eigenvalue weighted by Gasteiger charge is 2.09. The molecule has 0 heterocycles. The smallest absolute Gasteiger partial charge is 0.186 e. The topological polar surface area (TPSA) is 19.9 Å². The Morgan fingerprint density at radius 2 is 0.806 bits per heavy atom. The van der Waals surface area contributed by atoms with E-state index in [4.69, 9.17) is 0 Å². The highest BCUT2D eigenvalue weighted by atomic mass is 16.3. The molecule has 0 saturated carbocycles. The average molecular weight is 400 g/mol. The molecule has 4 rings (SSSR count).